The van der Waals surface area contributed by atoms with Crippen molar-refractivity contribution in [2.75, 3.05) is 0 Å². The number of aliphatic hydroxyl groups is 1. The summed E-state index contributed by atoms with van der Waals surface area (Å²) in [5, 5.41) is 16.4. The Morgan fingerprint density at radius 1 is 1.13 bits per heavy atom. The molecule has 2 fully saturated rings. The second-order valence-corrected chi connectivity index (χ2v) is 8.86. The van der Waals surface area contributed by atoms with Gasteiger partial charge in [-0.2, -0.15) is 0 Å². The first-order valence-electron chi connectivity index (χ1n) is 8.94. The number of para-hydroxylation sites is 1. The summed E-state index contributed by atoms with van der Waals surface area (Å²) in [7, 11) is 0. The third-order valence-corrected chi connectivity index (χ3v) is 7.44. The minimum Gasteiger partial charge on any atom is -0.388 e. The van der Waals surface area contributed by atoms with Crippen molar-refractivity contribution in [3.05, 3.63) is 35.5 Å². The number of aromatic amines is 1. The van der Waals surface area contributed by atoms with Gasteiger partial charge in [0.25, 0.3) is 0 Å². The average Bonchev–Trinajstić information content (AvgIpc) is 2.88. The fourth-order valence-electron chi connectivity index (χ4n) is 5.82. The molecule has 1 aromatic heterocycles. The molecule has 2 aliphatic carbocycles. The summed E-state index contributed by atoms with van der Waals surface area (Å²) in [5.41, 5.74) is 3.56. The number of aromatic nitrogens is 1. The standard InChI is InChI=1S/C20H26N2O/c1-18(2)20(23)9-8-19(3)14(11-20)16(22-18)10-13-12-6-4-5-7-15(12)21-17(13)19/h4-7,14,16,21-23H,8-11H2,1-3H3/t14-,16-,19-,20-/m1/s1. The van der Waals surface area contributed by atoms with Crippen molar-refractivity contribution in [3.8, 4) is 0 Å². The van der Waals surface area contributed by atoms with Crippen LogP contribution in [0.15, 0.2) is 24.3 Å². The third-order valence-electron chi connectivity index (χ3n) is 7.44. The molecule has 3 N–H and O–H groups in total. The number of nitrogens with one attached hydrogen (secondary N) is 2. The van der Waals surface area contributed by atoms with Crippen LogP contribution in [0.3, 0.4) is 0 Å². The fourth-order valence-corrected chi connectivity index (χ4v) is 5.82. The monoisotopic (exact) mass is 310 g/mol. The second-order valence-electron chi connectivity index (χ2n) is 8.86. The lowest BCUT2D eigenvalue weighted by molar-refractivity contribution is -0.143. The van der Waals surface area contributed by atoms with Crippen molar-refractivity contribution in [3.63, 3.8) is 0 Å². The number of hydrogen-bond donors (Lipinski definition) is 3. The van der Waals surface area contributed by atoms with E-state index in [2.05, 4.69) is 55.3 Å². The molecule has 2 aromatic rings. The van der Waals surface area contributed by atoms with Crippen LogP contribution in [0.25, 0.3) is 10.9 Å². The van der Waals surface area contributed by atoms with Gasteiger partial charge in [-0.15, -0.1) is 0 Å². The quantitative estimate of drug-likeness (QED) is 0.699. The van der Waals surface area contributed by atoms with Crippen molar-refractivity contribution < 1.29 is 5.11 Å². The van der Waals surface area contributed by atoms with Gasteiger partial charge in [0.15, 0.2) is 0 Å². The summed E-state index contributed by atoms with van der Waals surface area (Å²) in [6.07, 6.45) is 3.93. The van der Waals surface area contributed by atoms with Gasteiger partial charge in [-0.1, -0.05) is 25.1 Å². The summed E-state index contributed by atoms with van der Waals surface area (Å²) >= 11 is 0. The van der Waals surface area contributed by atoms with Gasteiger partial charge in [0, 0.05) is 33.6 Å². The van der Waals surface area contributed by atoms with Crippen LogP contribution in [-0.4, -0.2) is 27.3 Å². The van der Waals surface area contributed by atoms with E-state index in [1.54, 1.807) is 0 Å². The summed E-state index contributed by atoms with van der Waals surface area (Å²) in [6, 6.07) is 9.16. The number of H-pyrrole nitrogens is 1. The smallest absolute Gasteiger partial charge is 0.0827 e. The van der Waals surface area contributed by atoms with Gasteiger partial charge in [0.1, 0.15) is 0 Å². The van der Waals surface area contributed by atoms with E-state index in [1.807, 2.05) is 0 Å². The Labute approximate surface area is 137 Å². The Morgan fingerprint density at radius 2 is 1.91 bits per heavy atom. The lowest BCUT2D eigenvalue weighted by Gasteiger charge is -2.63. The molecule has 2 bridgehead atoms. The molecular weight excluding hydrogens is 284 g/mol. The zero-order valence-electron chi connectivity index (χ0n) is 14.2. The molecule has 0 spiro atoms. The van der Waals surface area contributed by atoms with Crippen LogP contribution in [0.2, 0.25) is 0 Å². The van der Waals surface area contributed by atoms with Gasteiger partial charge in [-0.25, -0.2) is 0 Å². The molecule has 5 rings (SSSR count). The van der Waals surface area contributed by atoms with E-state index >= 15 is 0 Å². The van der Waals surface area contributed by atoms with E-state index < -0.39 is 5.60 Å². The van der Waals surface area contributed by atoms with Gasteiger partial charge in [-0.05, 0) is 57.1 Å². The lowest BCUT2D eigenvalue weighted by atomic mass is 9.50. The molecule has 122 valence electrons. The maximum atomic E-state index is 11.2. The summed E-state index contributed by atoms with van der Waals surface area (Å²) in [5.74, 6) is 0.509. The largest absolute Gasteiger partial charge is 0.388 e. The number of fused-ring (bicyclic) bond motifs is 5. The van der Waals surface area contributed by atoms with Crippen molar-refractivity contribution in [1.82, 2.24) is 10.3 Å². The number of hydrogen-bond acceptors (Lipinski definition) is 2. The van der Waals surface area contributed by atoms with E-state index in [9.17, 15) is 5.11 Å². The second kappa shape index (κ2) is 4.01. The third kappa shape index (κ3) is 1.58. The lowest BCUT2D eigenvalue weighted by Crippen LogP contribution is -2.74. The van der Waals surface area contributed by atoms with Crippen LogP contribution in [0.4, 0.5) is 0 Å². The van der Waals surface area contributed by atoms with Crippen molar-refractivity contribution in [1.29, 1.82) is 0 Å². The average molecular weight is 310 g/mol. The number of rotatable bonds is 0. The van der Waals surface area contributed by atoms with Crippen LogP contribution in [0.1, 0.15) is 51.3 Å². The molecule has 1 saturated heterocycles. The zero-order valence-corrected chi connectivity index (χ0v) is 14.2. The predicted molar refractivity (Wildman–Crippen MR) is 92.6 cm³/mol. The van der Waals surface area contributed by atoms with E-state index in [0.717, 1.165) is 25.7 Å². The van der Waals surface area contributed by atoms with Crippen molar-refractivity contribution in [2.45, 2.75) is 69.1 Å². The molecule has 3 nitrogen and oxygen atoms in total. The molecule has 1 aliphatic heterocycles. The first-order valence-corrected chi connectivity index (χ1v) is 8.94. The maximum Gasteiger partial charge on any atom is 0.0827 e. The Hall–Kier alpha value is -1.32. The van der Waals surface area contributed by atoms with E-state index in [0.29, 0.717) is 12.0 Å². The molecule has 3 heteroatoms. The van der Waals surface area contributed by atoms with Crippen LogP contribution >= 0.6 is 0 Å². The molecule has 0 radical (unpaired) electrons. The fraction of sp³-hybridized carbons (Fsp3) is 0.600. The highest BCUT2D eigenvalue weighted by atomic mass is 16.3. The van der Waals surface area contributed by atoms with Gasteiger partial charge in [0.05, 0.1) is 5.60 Å². The van der Waals surface area contributed by atoms with Gasteiger partial charge in [0.2, 0.25) is 0 Å². The van der Waals surface area contributed by atoms with Crippen LogP contribution in [0.5, 0.6) is 0 Å². The molecule has 4 atom stereocenters. The summed E-state index contributed by atoms with van der Waals surface area (Å²) in [4.78, 5) is 3.74. The van der Waals surface area contributed by atoms with Gasteiger partial charge in [-0.3, -0.25) is 0 Å². The topological polar surface area (TPSA) is 48.0 Å². The normalized spacial score (nSPS) is 40.9. The van der Waals surface area contributed by atoms with E-state index in [-0.39, 0.29) is 11.0 Å². The van der Waals surface area contributed by atoms with Crippen molar-refractivity contribution >= 4 is 10.9 Å². The Kier molecular flexibility index (Phi) is 2.45. The number of benzene rings is 1. The van der Waals surface area contributed by atoms with Crippen LogP contribution in [-0.2, 0) is 11.8 Å². The maximum absolute atomic E-state index is 11.2. The minimum atomic E-state index is -0.572. The molecule has 1 saturated carbocycles. The highest BCUT2D eigenvalue weighted by molar-refractivity contribution is 5.85. The zero-order chi connectivity index (χ0) is 16.0. The SMILES string of the molecule is CC1(C)N[C@@H]2Cc3c([nH]c4ccccc34)[C@]3(C)CC[C@@]1(O)C[C@H]23. The summed E-state index contributed by atoms with van der Waals surface area (Å²) in [6.45, 7) is 6.77. The first kappa shape index (κ1) is 14.1. The highest BCUT2D eigenvalue weighted by Crippen LogP contribution is 2.57. The summed E-state index contributed by atoms with van der Waals surface area (Å²) < 4.78 is 0. The first-order chi connectivity index (χ1) is 10.8. The van der Waals surface area contributed by atoms with Gasteiger partial charge >= 0.3 is 0 Å². The Balaban J connectivity index is 1.73. The molecule has 0 amide bonds. The van der Waals surface area contributed by atoms with E-state index in [4.69, 9.17) is 0 Å². The van der Waals surface area contributed by atoms with E-state index in [1.165, 1.54) is 22.2 Å². The van der Waals surface area contributed by atoms with Crippen molar-refractivity contribution in [2.24, 2.45) is 5.92 Å². The molecule has 23 heavy (non-hydrogen) atoms. The Morgan fingerprint density at radius 3 is 2.74 bits per heavy atom. The Bertz CT molecular complexity index is 807. The van der Waals surface area contributed by atoms with Crippen LogP contribution in [0, 0.1) is 5.92 Å². The van der Waals surface area contributed by atoms with Gasteiger partial charge < -0.3 is 15.4 Å². The minimum absolute atomic E-state index is 0.146. The molecule has 0 unspecified atom stereocenters. The molecular formula is C20H26N2O. The highest BCUT2D eigenvalue weighted by Gasteiger charge is 2.61. The predicted octanol–water partition coefficient (Wildman–Crippen LogP) is 3.26. The van der Waals surface area contributed by atoms with Crippen LogP contribution < -0.4 is 5.32 Å². The molecule has 2 heterocycles. The molecule has 1 aromatic carbocycles. The molecule has 3 aliphatic rings. The number of piperidine rings is 1.